The second-order valence-corrected chi connectivity index (χ2v) is 1.07. The summed E-state index contributed by atoms with van der Waals surface area (Å²) < 4.78 is 0. The molecular weight excluding hydrogens is 112 g/mol. The van der Waals surface area contributed by atoms with Crippen molar-refractivity contribution in [1.82, 2.24) is 0 Å². The van der Waals surface area contributed by atoms with Gasteiger partial charge in [0.05, 0.1) is 6.21 Å². The Kier molecular flexibility index (Phi) is 5.35. The largest absolute Gasteiger partial charge is 0.295 e. The molecule has 9 heavy (non-hydrogen) atoms. The van der Waals surface area contributed by atoms with Crippen LogP contribution in [0.15, 0.2) is 9.98 Å². The number of terminal acetylenes is 1. The number of rotatable bonds is 1. The molecule has 0 aliphatic carbocycles. The first-order valence-electron chi connectivity index (χ1n) is 2.31. The van der Waals surface area contributed by atoms with Crippen LogP contribution in [0, 0.1) is 24.3 Å². The first-order chi connectivity index (χ1) is 4.41. The van der Waals surface area contributed by atoms with Gasteiger partial charge in [0.15, 0.2) is 0 Å². The van der Waals surface area contributed by atoms with E-state index >= 15 is 0 Å². The molecule has 0 fully saturated rings. The van der Waals surface area contributed by atoms with Gasteiger partial charge in [-0.25, -0.2) is 4.99 Å². The van der Waals surface area contributed by atoms with E-state index < -0.39 is 0 Å². The molecule has 0 bridgehead atoms. The van der Waals surface area contributed by atoms with Gasteiger partial charge in [-0.05, 0) is 5.92 Å². The molecule has 0 rings (SSSR count). The van der Waals surface area contributed by atoms with E-state index in [1.165, 1.54) is 12.4 Å². The van der Waals surface area contributed by atoms with Crippen molar-refractivity contribution < 1.29 is 0 Å². The van der Waals surface area contributed by atoms with E-state index in [9.17, 15) is 0 Å². The van der Waals surface area contributed by atoms with Crippen molar-refractivity contribution in [2.24, 2.45) is 9.98 Å². The van der Waals surface area contributed by atoms with Crippen LogP contribution in [-0.2, 0) is 0 Å². The molecule has 0 heterocycles. The van der Waals surface area contributed by atoms with E-state index in [-0.39, 0.29) is 0 Å². The average molecular weight is 118 g/mol. The Morgan fingerprint density at radius 3 is 2.78 bits per heavy atom. The summed E-state index contributed by atoms with van der Waals surface area (Å²) in [5, 5.41) is 0. The Balaban J connectivity index is 3.63. The summed E-state index contributed by atoms with van der Waals surface area (Å²) in [4.78, 5) is 7.21. The summed E-state index contributed by atoms with van der Waals surface area (Å²) in [5.41, 5.74) is 0. The lowest BCUT2D eigenvalue weighted by Crippen LogP contribution is -1.70. The van der Waals surface area contributed by atoms with Gasteiger partial charge >= 0.3 is 0 Å². The van der Waals surface area contributed by atoms with Crippen molar-refractivity contribution in [1.29, 1.82) is 0 Å². The van der Waals surface area contributed by atoms with Crippen LogP contribution >= 0.6 is 0 Å². The molecule has 0 aliphatic heterocycles. The van der Waals surface area contributed by atoms with Crippen molar-refractivity contribution in [3.8, 4) is 24.3 Å². The molecule has 0 aromatic carbocycles. The summed E-state index contributed by atoms with van der Waals surface area (Å²) in [6.07, 6.45) is 7.82. The van der Waals surface area contributed by atoms with Crippen molar-refractivity contribution in [3.05, 3.63) is 0 Å². The molecule has 0 radical (unpaired) electrons. The lowest BCUT2D eigenvalue weighted by molar-refractivity contribution is 1.48. The minimum Gasteiger partial charge on any atom is -0.295 e. The predicted molar refractivity (Wildman–Crippen MR) is 39.5 cm³/mol. The highest BCUT2D eigenvalue weighted by Gasteiger charge is 1.56. The molecule has 0 aromatic heterocycles. The quantitative estimate of drug-likeness (QED) is 0.350. The highest BCUT2D eigenvalue weighted by Crippen LogP contribution is 1.56. The van der Waals surface area contributed by atoms with Gasteiger partial charge in [0.1, 0.15) is 0 Å². The van der Waals surface area contributed by atoms with E-state index in [2.05, 4.69) is 27.9 Å². The van der Waals surface area contributed by atoms with Crippen LogP contribution in [0.4, 0.5) is 0 Å². The average Bonchev–Trinajstić information content (AvgIpc) is 1.89. The first kappa shape index (κ1) is 7.46. The van der Waals surface area contributed by atoms with Gasteiger partial charge in [0, 0.05) is 25.2 Å². The molecule has 0 spiro atoms. The number of nitrogens with zero attached hydrogens (tertiary/aromatic N) is 2. The first-order valence-corrected chi connectivity index (χ1v) is 2.31. The summed E-state index contributed by atoms with van der Waals surface area (Å²) >= 11 is 0. The van der Waals surface area contributed by atoms with Gasteiger partial charge in [-0.1, -0.05) is 0 Å². The second kappa shape index (κ2) is 6.46. The van der Waals surface area contributed by atoms with E-state index in [1.54, 1.807) is 7.05 Å². The summed E-state index contributed by atoms with van der Waals surface area (Å²) in [6.45, 7) is 0. The summed E-state index contributed by atoms with van der Waals surface area (Å²) in [5.74, 6) is 4.45. The second-order valence-electron chi connectivity index (χ2n) is 1.07. The Morgan fingerprint density at radius 2 is 2.22 bits per heavy atom. The minimum atomic E-state index is 1.48. The SMILES string of the molecule is C#CC#C/N=C\C=N/C. The number of aliphatic imine (C=N–C) groups is 2. The van der Waals surface area contributed by atoms with Crippen molar-refractivity contribution in [2.45, 2.75) is 0 Å². The fraction of sp³-hybridized carbons (Fsp3) is 0.143. The third-order valence-corrected chi connectivity index (χ3v) is 0.483. The molecule has 0 saturated carbocycles. The van der Waals surface area contributed by atoms with E-state index in [0.717, 1.165) is 0 Å². The Morgan fingerprint density at radius 1 is 1.44 bits per heavy atom. The van der Waals surface area contributed by atoms with Gasteiger partial charge < -0.3 is 0 Å². The maximum Gasteiger partial charge on any atom is 0.0554 e. The molecule has 2 heteroatoms. The van der Waals surface area contributed by atoms with Crippen molar-refractivity contribution in [2.75, 3.05) is 7.05 Å². The van der Waals surface area contributed by atoms with Crippen molar-refractivity contribution in [3.63, 3.8) is 0 Å². The van der Waals surface area contributed by atoms with Gasteiger partial charge in [-0.2, -0.15) is 0 Å². The van der Waals surface area contributed by atoms with Gasteiger partial charge in [0.25, 0.3) is 0 Å². The highest BCUT2D eigenvalue weighted by molar-refractivity contribution is 6.16. The normalized spacial score (nSPS) is 8.89. The van der Waals surface area contributed by atoms with E-state index in [4.69, 9.17) is 6.42 Å². The zero-order chi connectivity index (χ0) is 6.95. The minimum absolute atomic E-state index is 1.48. The molecule has 0 aliphatic rings. The van der Waals surface area contributed by atoms with Crippen LogP contribution in [0.1, 0.15) is 0 Å². The maximum absolute atomic E-state index is 4.81. The zero-order valence-electron chi connectivity index (χ0n) is 5.13. The Hall–Kier alpha value is -1.54. The van der Waals surface area contributed by atoms with Crippen LogP contribution in [-0.4, -0.2) is 19.5 Å². The topological polar surface area (TPSA) is 24.7 Å². The molecule has 0 aromatic rings. The van der Waals surface area contributed by atoms with Gasteiger partial charge in [-0.3, -0.25) is 4.99 Å². The molecule has 44 valence electrons. The third-order valence-electron chi connectivity index (χ3n) is 0.483. The summed E-state index contributed by atoms with van der Waals surface area (Å²) in [7, 11) is 1.65. The van der Waals surface area contributed by atoms with Crippen LogP contribution in [0.5, 0.6) is 0 Å². The Labute approximate surface area is 54.7 Å². The van der Waals surface area contributed by atoms with E-state index in [0.29, 0.717) is 0 Å². The van der Waals surface area contributed by atoms with Crippen LogP contribution < -0.4 is 0 Å². The monoisotopic (exact) mass is 118 g/mol. The Bertz CT molecular complexity index is 207. The zero-order valence-corrected chi connectivity index (χ0v) is 5.13. The molecular formula is C7H6N2. The lowest BCUT2D eigenvalue weighted by Gasteiger charge is -1.64. The van der Waals surface area contributed by atoms with Crippen LogP contribution in [0.3, 0.4) is 0 Å². The van der Waals surface area contributed by atoms with Crippen LogP contribution in [0.25, 0.3) is 0 Å². The van der Waals surface area contributed by atoms with Crippen molar-refractivity contribution >= 4 is 12.4 Å². The standard InChI is InChI=1S/C7H6N2/c1-3-4-5-9-7-6-8-2/h1,6-7H,2H3/b8-6-,9-7-. The number of hydrogen-bond acceptors (Lipinski definition) is 2. The fourth-order valence-electron chi connectivity index (χ4n) is 0.202. The highest BCUT2D eigenvalue weighted by atomic mass is 14.7. The van der Waals surface area contributed by atoms with Gasteiger partial charge in [0.2, 0.25) is 0 Å². The molecule has 0 unspecified atom stereocenters. The molecule has 0 atom stereocenters. The summed E-state index contributed by atoms with van der Waals surface area (Å²) in [6, 6.07) is 2.36. The predicted octanol–water partition coefficient (Wildman–Crippen LogP) is 0.352. The number of hydrogen-bond donors (Lipinski definition) is 0. The van der Waals surface area contributed by atoms with Crippen LogP contribution in [0.2, 0.25) is 0 Å². The fourth-order valence-corrected chi connectivity index (χ4v) is 0.202. The maximum atomic E-state index is 4.81. The molecule has 2 nitrogen and oxygen atoms in total. The smallest absolute Gasteiger partial charge is 0.0554 e. The van der Waals surface area contributed by atoms with Gasteiger partial charge in [-0.15, -0.1) is 6.42 Å². The molecule has 0 amide bonds. The molecule has 0 saturated heterocycles. The third kappa shape index (κ3) is 6.46. The lowest BCUT2D eigenvalue weighted by atomic mass is 10.7. The molecule has 0 N–H and O–H groups in total. The van der Waals surface area contributed by atoms with E-state index in [1.807, 2.05) is 0 Å².